The van der Waals surface area contributed by atoms with Gasteiger partial charge in [-0.2, -0.15) is 0 Å². The van der Waals surface area contributed by atoms with E-state index in [0.29, 0.717) is 22.6 Å². The summed E-state index contributed by atoms with van der Waals surface area (Å²) in [5, 5.41) is 3.00. The summed E-state index contributed by atoms with van der Waals surface area (Å²) < 4.78 is 5.34. The number of anilines is 1. The normalized spacial score (nSPS) is 10.0. The Bertz CT molecular complexity index is 653. The van der Waals surface area contributed by atoms with Crippen molar-refractivity contribution in [1.82, 2.24) is 0 Å². The zero-order chi connectivity index (χ0) is 15.2. The molecule has 21 heavy (non-hydrogen) atoms. The first-order valence-electron chi connectivity index (χ1n) is 6.33. The van der Waals surface area contributed by atoms with Gasteiger partial charge in [0.25, 0.3) is 5.91 Å². The highest BCUT2D eigenvalue weighted by Gasteiger charge is 2.10. The van der Waals surface area contributed by atoms with E-state index >= 15 is 0 Å². The number of aryl methyl sites for hydroxylation is 1. The Morgan fingerprint density at radius 2 is 1.95 bits per heavy atom. The number of hydrogen-bond acceptors (Lipinski definition) is 3. The molecule has 4 nitrogen and oxygen atoms in total. The quantitative estimate of drug-likeness (QED) is 0.860. The van der Waals surface area contributed by atoms with Crippen LogP contribution in [0.15, 0.2) is 42.5 Å². The fraction of sp³-hybridized carbons (Fsp3) is 0.125. The minimum absolute atomic E-state index is 0.216. The number of halogens is 1. The summed E-state index contributed by atoms with van der Waals surface area (Å²) in [7, 11) is 0. The van der Waals surface area contributed by atoms with Crippen LogP contribution in [-0.4, -0.2) is 18.8 Å². The van der Waals surface area contributed by atoms with Gasteiger partial charge in [-0.25, -0.2) is 0 Å². The number of rotatable bonds is 5. The van der Waals surface area contributed by atoms with E-state index in [1.165, 1.54) is 0 Å². The standard InChI is InChI=1S/C16H14ClNO3/c1-11-5-7-13(8-6-11)18-15(20)10-21-16-12(9-19)3-2-4-14(16)17/h2-9H,10H2,1H3,(H,18,20). The Balaban J connectivity index is 1.98. The van der Waals surface area contributed by atoms with Gasteiger partial charge >= 0.3 is 0 Å². The maximum absolute atomic E-state index is 11.8. The molecule has 0 aliphatic carbocycles. The van der Waals surface area contributed by atoms with Gasteiger partial charge < -0.3 is 10.1 Å². The smallest absolute Gasteiger partial charge is 0.262 e. The number of hydrogen-bond donors (Lipinski definition) is 1. The molecule has 1 amide bonds. The molecule has 0 aliphatic rings. The van der Waals surface area contributed by atoms with Crippen molar-refractivity contribution in [2.24, 2.45) is 0 Å². The third-order valence-corrected chi connectivity index (χ3v) is 3.10. The summed E-state index contributed by atoms with van der Waals surface area (Å²) in [4.78, 5) is 22.7. The molecular formula is C16H14ClNO3. The Hall–Kier alpha value is -2.33. The van der Waals surface area contributed by atoms with Crippen LogP contribution in [0.5, 0.6) is 5.75 Å². The molecule has 0 fully saturated rings. The largest absolute Gasteiger partial charge is 0.481 e. The SMILES string of the molecule is Cc1ccc(NC(=O)COc2c(Cl)cccc2C=O)cc1. The predicted octanol–water partition coefficient (Wildman–Crippen LogP) is 3.48. The second kappa shape index (κ2) is 6.90. The second-order valence-electron chi connectivity index (χ2n) is 4.48. The molecule has 0 aromatic heterocycles. The fourth-order valence-electron chi connectivity index (χ4n) is 1.74. The molecule has 108 valence electrons. The number of carbonyl (C=O) groups excluding carboxylic acids is 2. The van der Waals surface area contributed by atoms with Gasteiger partial charge in [0.1, 0.15) is 5.75 Å². The van der Waals surface area contributed by atoms with Gasteiger partial charge in [0.2, 0.25) is 0 Å². The van der Waals surface area contributed by atoms with Crippen molar-refractivity contribution in [1.29, 1.82) is 0 Å². The third-order valence-electron chi connectivity index (χ3n) is 2.81. The molecular weight excluding hydrogens is 290 g/mol. The van der Waals surface area contributed by atoms with E-state index in [0.717, 1.165) is 5.56 Å². The monoisotopic (exact) mass is 303 g/mol. The maximum Gasteiger partial charge on any atom is 0.262 e. The zero-order valence-corrected chi connectivity index (χ0v) is 12.2. The highest BCUT2D eigenvalue weighted by atomic mass is 35.5. The first-order valence-corrected chi connectivity index (χ1v) is 6.71. The average molecular weight is 304 g/mol. The van der Waals surface area contributed by atoms with Crippen LogP contribution < -0.4 is 10.1 Å². The molecule has 0 aliphatic heterocycles. The van der Waals surface area contributed by atoms with Gasteiger partial charge in [-0.3, -0.25) is 9.59 Å². The molecule has 0 spiro atoms. The number of nitrogens with one attached hydrogen (secondary N) is 1. The summed E-state index contributed by atoms with van der Waals surface area (Å²) in [6, 6.07) is 12.2. The van der Waals surface area contributed by atoms with Crippen molar-refractivity contribution < 1.29 is 14.3 Å². The lowest BCUT2D eigenvalue weighted by Crippen LogP contribution is -2.20. The van der Waals surface area contributed by atoms with Crippen LogP contribution in [0.3, 0.4) is 0 Å². The lowest BCUT2D eigenvalue weighted by atomic mass is 10.2. The molecule has 0 unspecified atom stereocenters. The van der Waals surface area contributed by atoms with Gasteiger partial charge in [0.15, 0.2) is 12.9 Å². The topological polar surface area (TPSA) is 55.4 Å². The number of aldehydes is 1. The number of carbonyl (C=O) groups is 2. The van der Waals surface area contributed by atoms with Crippen molar-refractivity contribution in [3.8, 4) is 5.75 Å². The van der Waals surface area contributed by atoms with Crippen molar-refractivity contribution in [3.05, 3.63) is 58.6 Å². The highest BCUT2D eigenvalue weighted by Crippen LogP contribution is 2.27. The van der Waals surface area contributed by atoms with Crippen LogP contribution in [0.2, 0.25) is 5.02 Å². The molecule has 2 rings (SSSR count). The van der Waals surface area contributed by atoms with Crippen LogP contribution >= 0.6 is 11.6 Å². The van der Waals surface area contributed by atoms with E-state index in [1.54, 1.807) is 30.3 Å². The minimum Gasteiger partial charge on any atom is -0.481 e. The van der Waals surface area contributed by atoms with E-state index in [1.807, 2.05) is 19.1 Å². The van der Waals surface area contributed by atoms with Gasteiger partial charge in [0, 0.05) is 5.69 Å². The molecule has 0 bridgehead atoms. The zero-order valence-electron chi connectivity index (χ0n) is 11.4. The lowest BCUT2D eigenvalue weighted by molar-refractivity contribution is -0.118. The number of para-hydroxylation sites is 1. The van der Waals surface area contributed by atoms with Crippen LogP contribution in [0.25, 0.3) is 0 Å². The molecule has 0 atom stereocenters. The molecule has 0 heterocycles. The van der Waals surface area contributed by atoms with Crippen LogP contribution in [0.1, 0.15) is 15.9 Å². The summed E-state index contributed by atoms with van der Waals surface area (Å²) in [6.45, 7) is 1.74. The Kier molecular flexibility index (Phi) is 4.95. The average Bonchev–Trinajstić information content (AvgIpc) is 2.48. The minimum atomic E-state index is -0.323. The molecule has 1 N–H and O–H groups in total. The van der Waals surface area contributed by atoms with E-state index in [4.69, 9.17) is 16.3 Å². The fourth-order valence-corrected chi connectivity index (χ4v) is 1.98. The molecule has 0 saturated heterocycles. The third kappa shape index (κ3) is 4.07. The van der Waals surface area contributed by atoms with Crippen LogP contribution in [0.4, 0.5) is 5.69 Å². The molecule has 0 saturated carbocycles. The van der Waals surface area contributed by atoms with E-state index in [9.17, 15) is 9.59 Å². The summed E-state index contributed by atoms with van der Waals surface area (Å²) in [5.41, 5.74) is 2.10. The number of amides is 1. The van der Waals surface area contributed by atoms with E-state index in [-0.39, 0.29) is 18.3 Å². The van der Waals surface area contributed by atoms with Crippen LogP contribution in [-0.2, 0) is 4.79 Å². The molecule has 0 radical (unpaired) electrons. The molecule has 2 aromatic rings. The summed E-state index contributed by atoms with van der Waals surface area (Å²) >= 11 is 5.95. The van der Waals surface area contributed by atoms with Gasteiger partial charge in [-0.1, -0.05) is 35.4 Å². The Morgan fingerprint density at radius 1 is 1.24 bits per heavy atom. The van der Waals surface area contributed by atoms with Gasteiger partial charge in [-0.15, -0.1) is 0 Å². The highest BCUT2D eigenvalue weighted by molar-refractivity contribution is 6.32. The number of ether oxygens (including phenoxy) is 1. The molecule has 5 heteroatoms. The van der Waals surface area contributed by atoms with Crippen molar-refractivity contribution in [3.63, 3.8) is 0 Å². The summed E-state index contributed by atoms with van der Waals surface area (Å²) in [5.74, 6) is -0.108. The van der Waals surface area contributed by atoms with Gasteiger partial charge in [-0.05, 0) is 31.2 Å². The Morgan fingerprint density at radius 3 is 2.62 bits per heavy atom. The number of benzene rings is 2. The first-order chi connectivity index (χ1) is 10.1. The van der Waals surface area contributed by atoms with Crippen LogP contribution in [0, 0.1) is 6.92 Å². The van der Waals surface area contributed by atoms with E-state index < -0.39 is 0 Å². The predicted molar refractivity (Wildman–Crippen MR) is 82.1 cm³/mol. The van der Waals surface area contributed by atoms with Crippen molar-refractivity contribution >= 4 is 29.5 Å². The summed E-state index contributed by atoms with van der Waals surface area (Å²) in [6.07, 6.45) is 0.638. The lowest BCUT2D eigenvalue weighted by Gasteiger charge is -2.10. The second-order valence-corrected chi connectivity index (χ2v) is 4.89. The van der Waals surface area contributed by atoms with Crippen molar-refractivity contribution in [2.75, 3.05) is 11.9 Å². The maximum atomic E-state index is 11.8. The molecule has 2 aromatic carbocycles. The van der Waals surface area contributed by atoms with Gasteiger partial charge in [0.05, 0.1) is 10.6 Å². The Labute approximate surface area is 127 Å². The first kappa shape index (κ1) is 15.1. The van der Waals surface area contributed by atoms with E-state index in [2.05, 4.69) is 5.32 Å². The van der Waals surface area contributed by atoms with Crippen molar-refractivity contribution in [2.45, 2.75) is 6.92 Å².